The highest BCUT2D eigenvalue weighted by molar-refractivity contribution is 5.86. The van der Waals surface area contributed by atoms with Gasteiger partial charge in [-0.05, 0) is 25.2 Å². The lowest BCUT2D eigenvalue weighted by Gasteiger charge is -2.27. The minimum absolute atomic E-state index is 0.216. The molecule has 2 N–H and O–H groups in total. The van der Waals surface area contributed by atoms with Gasteiger partial charge in [0.25, 0.3) is 0 Å². The largest absolute Gasteiger partial charge is 0.321 e. The maximum atomic E-state index is 11.9. The lowest BCUT2D eigenvalue weighted by atomic mass is 9.78. The summed E-state index contributed by atoms with van der Waals surface area (Å²) in [4.78, 5) is 11.9. The highest BCUT2D eigenvalue weighted by atomic mass is 16.1. The molecular formula is C12H21NO. The maximum Gasteiger partial charge on any atom is 0.152 e. The van der Waals surface area contributed by atoms with E-state index in [4.69, 9.17) is 5.73 Å². The van der Waals surface area contributed by atoms with Crippen LogP contribution in [-0.2, 0) is 4.79 Å². The number of rotatable bonds is 4. The first-order chi connectivity index (χ1) is 6.65. The zero-order chi connectivity index (χ0) is 10.6. The van der Waals surface area contributed by atoms with Gasteiger partial charge in [0.1, 0.15) is 0 Å². The highest BCUT2D eigenvalue weighted by Gasteiger charge is 2.27. The monoisotopic (exact) mass is 195 g/mol. The van der Waals surface area contributed by atoms with Crippen molar-refractivity contribution in [2.45, 2.75) is 45.1 Å². The van der Waals surface area contributed by atoms with Gasteiger partial charge in [0.05, 0.1) is 6.04 Å². The normalized spacial score (nSPS) is 29.6. The van der Waals surface area contributed by atoms with E-state index in [1.54, 1.807) is 6.08 Å². The van der Waals surface area contributed by atoms with Crippen molar-refractivity contribution in [3.05, 3.63) is 12.7 Å². The Morgan fingerprint density at radius 1 is 1.64 bits per heavy atom. The third-order valence-electron chi connectivity index (χ3n) is 3.12. The Labute approximate surface area is 86.6 Å². The molecule has 0 saturated heterocycles. The third kappa shape index (κ3) is 2.95. The van der Waals surface area contributed by atoms with Crippen LogP contribution >= 0.6 is 0 Å². The molecule has 80 valence electrons. The van der Waals surface area contributed by atoms with Crippen LogP contribution in [0.1, 0.15) is 39.0 Å². The molecule has 0 heterocycles. The van der Waals surface area contributed by atoms with Gasteiger partial charge in [-0.2, -0.15) is 0 Å². The summed E-state index contributed by atoms with van der Waals surface area (Å²) in [5.41, 5.74) is 5.78. The number of hydrogen-bond acceptors (Lipinski definition) is 2. The van der Waals surface area contributed by atoms with E-state index in [1.807, 2.05) is 0 Å². The Morgan fingerprint density at radius 2 is 2.36 bits per heavy atom. The lowest BCUT2D eigenvalue weighted by molar-refractivity contribution is -0.125. The summed E-state index contributed by atoms with van der Waals surface area (Å²) in [6.07, 6.45) is 6.86. The molecule has 1 saturated carbocycles. The fourth-order valence-electron chi connectivity index (χ4n) is 2.29. The highest BCUT2D eigenvalue weighted by Crippen LogP contribution is 2.29. The molecule has 2 nitrogen and oxygen atoms in total. The van der Waals surface area contributed by atoms with Crippen LogP contribution in [0.2, 0.25) is 0 Å². The van der Waals surface area contributed by atoms with Gasteiger partial charge in [-0.15, -0.1) is 6.58 Å². The van der Waals surface area contributed by atoms with Gasteiger partial charge in [0.15, 0.2) is 5.78 Å². The van der Waals surface area contributed by atoms with Crippen LogP contribution in [0.4, 0.5) is 0 Å². The molecule has 0 spiro atoms. The molecule has 1 rings (SSSR count). The molecule has 3 unspecified atom stereocenters. The molecule has 1 aliphatic carbocycles. The van der Waals surface area contributed by atoms with Crippen LogP contribution in [0.5, 0.6) is 0 Å². The smallest absolute Gasteiger partial charge is 0.152 e. The topological polar surface area (TPSA) is 43.1 Å². The summed E-state index contributed by atoms with van der Waals surface area (Å²) < 4.78 is 0. The molecule has 0 aromatic rings. The predicted molar refractivity (Wildman–Crippen MR) is 58.9 cm³/mol. The molecule has 0 radical (unpaired) electrons. The fourth-order valence-corrected chi connectivity index (χ4v) is 2.29. The van der Waals surface area contributed by atoms with Gasteiger partial charge in [-0.3, -0.25) is 4.79 Å². The zero-order valence-corrected chi connectivity index (χ0v) is 9.04. The van der Waals surface area contributed by atoms with Crippen LogP contribution in [0, 0.1) is 11.8 Å². The molecule has 0 amide bonds. The summed E-state index contributed by atoms with van der Waals surface area (Å²) in [5, 5.41) is 0. The number of carbonyl (C=O) groups is 1. The van der Waals surface area contributed by atoms with E-state index in [9.17, 15) is 4.79 Å². The van der Waals surface area contributed by atoms with E-state index in [1.165, 1.54) is 12.8 Å². The minimum atomic E-state index is -0.317. The van der Waals surface area contributed by atoms with Crippen molar-refractivity contribution >= 4 is 5.78 Å². The maximum absolute atomic E-state index is 11.9. The summed E-state index contributed by atoms with van der Waals surface area (Å²) in [6.45, 7) is 5.83. The van der Waals surface area contributed by atoms with Crippen molar-refractivity contribution < 1.29 is 4.79 Å². The average Bonchev–Trinajstić information content (AvgIpc) is 2.17. The molecule has 1 aliphatic rings. The summed E-state index contributed by atoms with van der Waals surface area (Å²) >= 11 is 0. The number of carbonyl (C=O) groups excluding carboxylic acids is 1. The van der Waals surface area contributed by atoms with Crippen LogP contribution < -0.4 is 5.73 Å². The Morgan fingerprint density at radius 3 is 2.93 bits per heavy atom. The van der Waals surface area contributed by atoms with E-state index in [2.05, 4.69) is 13.5 Å². The first-order valence-electron chi connectivity index (χ1n) is 5.55. The van der Waals surface area contributed by atoms with Gasteiger partial charge in [-0.25, -0.2) is 0 Å². The predicted octanol–water partition coefficient (Wildman–Crippen LogP) is 2.29. The molecular weight excluding hydrogens is 174 g/mol. The fraction of sp³-hybridized carbons (Fsp3) is 0.750. The Hall–Kier alpha value is -0.630. The van der Waals surface area contributed by atoms with Crippen molar-refractivity contribution in [1.82, 2.24) is 0 Å². The van der Waals surface area contributed by atoms with Crippen molar-refractivity contribution in [2.75, 3.05) is 0 Å². The lowest BCUT2D eigenvalue weighted by Crippen LogP contribution is -2.37. The molecule has 0 bridgehead atoms. The Bertz CT molecular complexity index is 212. The standard InChI is InChI=1S/C12H21NO/c1-3-5-11(13)12(14)10-7-4-6-9(2)8-10/h3,9-11H,1,4-8,13H2,2H3. The second-order valence-corrected chi connectivity index (χ2v) is 4.50. The average molecular weight is 195 g/mol. The van der Waals surface area contributed by atoms with E-state index in [0.717, 1.165) is 12.8 Å². The summed E-state index contributed by atoms with van der Waals surface area (Å²) in [5.74, 6) is 1.15. The van der Waals surface area contributed by atoms with Crippen LogP contribution in [-0.4, -0.2) is 11.8 Å². The van der Waals surface area contributed by atoms with E-state index >= 15 is 0 Å². The van der Waals surface area contributed by atoms with E-state index in [-0.39, 0.29) is 17.7 Å². The van der Waals surface area contributed by atoms with Gasteiger partial charge in [-0.1, -0.05) is 25.8 Å². The van der Waals surface area contributed by atoms with Crippen molar-refractivity contribution in [3.63, 3.8) is 0 Å². The molecule has 0 aromatic heterocycles. The zero-order valence-electron chi connectivity index (χ0n) is 9.04. The Balaban J connectivity index is 2.46. The summed E-state index contributed by atoms with van der Waals surface area (Å²) in [7, 11) is 0. The van der Waals surface area contributed by atoms with Crippen LogP contribution in [0.15, 0.2) is 12.7 Å². The molecule has 2 heteroatoms. The third-order valence-corrected chi connectivity index (χ3v) is 3.12. The van der Waals surface area contributed by atoms with Crippen LogP contribution in [0.25, 0.3) is 0 Å². The van der Waals surface area contributed by atoms with Crippen molar-refractivity contribution in [3.8, 4) is 0 Å². The molecule has 1 fully saturated rings. The quantitative estimate of drug-likeness (QED) is 0.699. The minimum Gasteiger partial charge on any atom is -0.321 e. The van der Waals surface area contributed by atoms with Gasteiger partial charge < -0.3 is 5.73 Å². The SMILES string of the molecule is C=CCC(N)C(=O)C1CCCC(C)C1. The first-order valence-corrected chi connectivity index (χ1v) is 5.55. The van der Waals surface area contributed by atoms with E-state index < -0.39 is 0 Å². The van der Waals surface area contributed by atoms with Gasteiger partial charge >= 0.3 is 0 Å². The summed E-state index contributed by atoms with van der Waals surface area (Å²) in [6, 6.07) is -0.317. The molecule has 14 heavy (non-hydrogen) atoms. The van der Waals surface area contributed by atoms with E-state index in [0.29, 0.717) is 12.3 Å². The second-order valence-electron chi connectivity index (χ2n) is 4.50. The Kier molecular flexibility index (Phi) is 4.33. The number of ketones is 1. The van der Waals surface area contributed by atoms with Gasteiger partial charge in [0, 0.05) is 5.92 Å². The number of hydrogen-bond donors (Lipinski definition) is 1. The number of nitrogens with two attached hydrogens (primary N) is 1. The van der Waals surface area contributed by atoms with Crippen LogP contribution in [0.3, 0.4) is 0 Å². The van der Waals surface area contributed by atoms with Crippen molar-refractivity contribution in [2.24, 2.45) is 17.6 Å². The first kappa shape index (κ1) is 11.4. The molecule has 0 aliphatic heterocycles. The van der Waals surface area contributed by atoms with Gasteiger partial charge in [0.2, 0.25) is 0 Å². The molecule has 3 atom stereocenters. The molecule has 0 aromatic carbocycles. The van der Waals surface area contributed by atoms with Crippen molar-refractivity contribution in [1.29, 1.82) is 0 Å². The number of Topliss-reactive ketones (excluding diaryl/α,β-unsaturated/α-hetero) is 1. The second kappa shape index (κ2) is 5.30.